The van der Waals surface area contributed by atoms with Gasteiger partial charge in [0.05, 0.1) is 24.8 Å². The highest BCUT2D eigenvalue weighted by Gasteiger charge is 2.25. The van der Waals surface area contributed by atoms with Crippen molar-refractivity contribution < 1.29 is 28.6 Å². The zero-order valence-electron chi connectivity index (χ0n) is 16.1. The number of rotatable bonds is 11. The van der Waals surface area contributed by atoms with Crippen molar-refractivity contribution in [1.82, 2.24) is 10.6 Å². The van der Waals surface area contributed by atoms with Crippen molar-refractivity contribution >= 4 is 11.8 Å². The number of unbranched alkanes of at least 4 members (excludes halogenated alkanes) is 1. The number of aliphatic hydroxyl groups excluding tert-OH is 2. The lowest BCUT2D eigenvalue weighted by Crippen LogP contribution is -2.48. The molecule has 0 spiro atoms. The lowest BCUT2D eigenvalue weighted by atomic mass is 9.96. The fourth-order valence-electron chi connectivity index (χ4n) is 2.77. The molecule has 28 heavy (non-hydrogen) atoms. The van der Waals surface area contributed by atoms with E-state index in [4.69, 9.17) is 0 Å². The topological polar surface area (TPSA) is 98.7 Å². The molecular weight excluding hydrogens is 370 g/mol. The van der Waals surface area contributed by atoms with Crippen LogP contribution in [0.4, 0.5) is 8.78 Å². The Labute approximate surface area is 163 Å². The molecule has 8 heteroatoms. The van der Waals surface area contributed by atoms with Crippen molar-refractivity contribution in [1.29, 1.82) is 0 Å². The van der Waals surface area contributed by atoms with Crippen molar-refractivity contribution in [2.75, 3.05) is 6.61 Å². The summed E-state index contributed by atoms with van der Waals surface area (Å²) in [6.45, 7) is 2.82. The van der Waals surface area contributed by atoms with Crippen LogP contribution < -0.4 is 10.6 Å². The number of nitrogens with one attached hydrogen (secondary N) is 2. The largest absolute Gasteiger partial charge is 0.394 e. The molecular formula is C20H28F2N2O4. The summed E-state index contributed by atoms with van der Waals surface area (Å²) in [4.78, 5) is 23.3. The summed E-state index contributed by atoms with van der Waals surface area (Å²) in [6, 6.07) is 1.38. The van der Waals surface area contributed by atoms with Gasteiger partial charge < -0.3 is 20.8 Å². The highest BCUT2D eigenvalue weighted by atomic mass is 19.1. The SMILES string of the molecule is CCC/C=C/C(=O)NC(CO)C[C@H](O)[C@H](Cc1cc(F)cc(F)c1)NC(C)=O. The first-order chi connectivity index (χ1) is 13.2. The molecule has 0 heterocycles. The smallest absolute Gasteiger partial charge is 0.243 e. The molecule has 0 aromatic heterocycles. The lowest BCUT2D eigenvalue weighted by molar-refractivity contribution is -0.121. The standard InChI is InChI=1S/C20H28F2N2O4/c1-3-4-5-6-20(28)24-17(12-25)11-19(27)18(23-13(2)26)9-14-7-15(21)10-16(22)8-14/h5-8,10,17-19,25,27H,3-4,9,11-12H2,1-2H3,(H,23,26)(H,24,28)/b6-5+/t17?,18-,19-/m0/s1. The Morgan fingerprint density at radius 2 is 1.82 bits per heavy atom. The fraction of sp³-hybridized carbons (Fsp3) is 0.500. The van der Waals surface area contributed by atoms with E-state index in [0.29, 0.717) is 0 Å². The quantitative estimate of drug-likeness (QED) is 0.426. The second kappa shape index (κ2) is 12.2. The first-order valence-electron chi connectivity index (χ1n) is 9.23. The van der Waals surface area contributed by atoms with Gasteiger partial charge in [-0.3, -0.25) is 9.59 Å². The van der Waals surface area contributed by atoms with E-state index in [9.17, 15) is 28.6 Å². The third-order valence-corrected chi connectivity index (χ3v) is 4.05. The number of benzene rings is 1. The Balaban J connectivity index is 2.80. The van der Waals surface area contributed by atoms with Crippen LogP contribution in [0.1, 0.15) is 38.7 Å². The maximum absolute atomic E-state index is 13.4. The molecule has 2 amide bonds. The van der Waals surface area contributed by atoms with E-state index in [2.05, 4.69) is 10.6 Å². The van der Waals surface area contributed by atoms with E-state index in [-0.39, 0.29) is 18.4 Å². The van der Waals surface area contributed by atoms with Crippen molar-refractivity contribution in [3.05, 3.63) is 47.5 Å². The van der Waals surface area contributed by atoms with Crippen LogP contribution in [-0.4, -0.2) is 46.8 Å². The van der Waals surface area contributed by atoms with Crippen molar-refractivity contribution in [3.8, 4) is 0 Å². The predicted octanol–water partition coefficient (Wildman–Crippen LogP) is 1.60. The molecule has 6 nitrogen and oxygen atoms in total. The summed E-state index contributed by atoms with van der Waals surface area (Å²) in [5.41, 5.74) is 0.266. The summed E-state index contributed by atoms with van der Waals surface area (Å²) in [5.74, 6) is -2.34. The van der Waals surface area contributed by atoms with Crippen LogP contribution >= 0.6 is 0 Å². The molecule has 156 valence electrons. The van der Waals surface area contributed by atoms with Crippen molar-refractivity contribution in [2.24, 2.45) is 0 Å². The minimum Gasteiger partial charge on any atom is -0.394 e. The molecule has 0 saturated carbocycles. The number of carbonyl (C=O) groups excluding carboxylic acids is 2. The summed E-state index contributed by atoms with van der Waals surface area (Å²) in [6.07, 6.45) is 3.48. The molecule has 0 radical (unpaired) electrons. The van der Waals surface area contributed by atoms with E-state index in [1.807, 2.05) is 6.92 Å². The fourth-order valence-corrected chi connectivity index (χ4v) is 2.77. The third kappa shape index (κ3) is 9.05. The van der Waals surface area contributed by atoms with E-state index in [1.165, 1.54) is 13.0 Å². The highest BCUT2D eigenvalue weighted by molar-refractivity contribution is 5.87. The molecule has 0 aliphatic carbocycles. The molecule has 1 unspecified atom stereocenters. The zero-order valence-corrected chi connectivity index (χ0v) is 16.1. The van der Waals surface area contributed by atoms with Crippen LogP contribution in [0.3, 0.4) is 0 Å². The van der Waals surface area contributed by atoms with Gasteiger partial charge in [0.2, 0.25) is 11.8 Å². The molecule has 1 aromatic rings. The predicted molar refractivity (Wildman–Crippen MR) is 101 cm³/mol. The monoisotopic (exact) mass is 398 g/mol. The van der Waals surface area contributed by atoms with Gasteiger partial charge in [-0.05, 0) is 43.0 Å². The van der Waals surface area contributed by atoms with E-state index in [0.717, 1.165) is 31.0 Å². The van der Waals surface area contributed by atoms with Crippen molar-refractivity contribution in [3.63, 3.8) is 0 Å². The van der Waals surface area contributed by atoms with Gasteiger partial charge in [0.15, 0.2) is 0 Å². The Morgan fingerprint density at radius 3 is 2.36 bits per heavy atom. The van der Waals surface area contributed by atoms with Crippen LogP contribution in [0.15, 0.2) is 30.4 Å². The summed E-state index contributed by atoms with van der Waals surface area (Å²) in [7, 11) is 0. The Bertz CT molecular complexity index is 662. The Hall–Kier alpha value is -2.32. The summed E-state index contributed by atoms with van der Waals surface area (Å²) in [5, 5.41) is 25.1. The van der Waals surface area contributed by atoms with Gasteiger partial charge in [0, 0.05) is 13.0 Å². The first-order valence-corrected chi connectivity index (χ1v) is 9.23. The van der Waals surface area contributed by atoms with Crippen molar-refractivity contribution in [2.45, 2.75) is 57.7 Å². The molecule has 1 aromatic carbocycles. The number of hydrogen-bond acceptors (Lipinski definition) is 4. The number of carbonyl (C=O) groups is 2. The maximum atomic E-state index is 13.4. The lowest BCUT2D eigenvalue weighted by Gasteiger charge is -2.27. The molecule has 0 aliphatic rings. The van der Waals surface area contributed by atoms with Crippen LogP contribution in [0.2, 0.25) is 0 Å². The van der Waals surface area contributed by atoms with Crippen LogP contribution in [0, 0.1) is 11.6 Å². The molecule has 4 N–H and O–H groups in total. The Kier molecular flexibility index (Phi) is 10.3. The van der Waals surface area contributed by atoms with Crippen LogP contribution in [0.25, 0.3) is 0 Å². The van der Waals surface area contributed by atoms with Crippen LogP contribution in [-0.2, 0) is 16.0 Å². The third-order valence-electron chi connectivity index (χ3n) is 4.05. The number of aliphatic hydroxyl groups is 2. The minimum atomic E-state index is -1.16. The number of hydrogen-bond donors (Lipinski definition) is 4. The molecule has 0 bridgehead atoms. The second-order valence-corrected chi connectivity index (χ2v) is 6.67. The molecule has 3 atom stereocenters. The molecule has 0 saturated heterocycles. The minimum absolute atomic E-state index is 0.0159. The zero-order chi connectivity index (χ0) is 21.1. The highest BCUT2D eigenvalue weighted by Crippen LogP contribution is 2.14. The summed E-state index contributed by atoms with van der Waals surface area (Å²) < 4.78 is 26.8. The number of halogens is 2. The van der Waals surface area contributed by atoms with Gasteiger partial charge in [-0.1, -0.05) is 19.4 Å². The van der Waals surface area contributed by atoms with Gasteiger partial charge >= 0.3 is 0 Å². The van der Waals surface area contributed by atoms with Gasteiger partial charge in [-0.15, -0.1) is 0 Å². The normalized spacial score (nSPS) is 14.5. The first kappa shape index (κ1) is 23.7. The number of allylic oxidation sites excluding steroid dienone is 1. The maximum Gasteiger partial charge on any atom is 0.243 e. The average Bonchev–Trinajstić information content (AvgIpc) is 2.59. The Morgan fingerprint density at radius 1 is 1.18 bits per heavy atom. The van der Waals surface area contributed by atoms with Crippen LogP contribution in [0.5, 0.6) is 0 Å². The van der Waals surface area contributed by atoms with E-state index < -0.39 is 48.2 Å². The molecule has 0 fully saturated rings. The van der Waals surface area contributed by atoms with E-state index in [1.54, 1.807) is 6.08 Å². The van der Waals surface area contributed by atoms with Gasteiger partial charge in [0.25, 0.3) is 0 Å². The number of amides is 2. The van der Waals surface area contributed by atoms with E-state index >= 15 is 0 Å². The van der Waals surface area contributed by atoms with Gasteiger partial charge in [-0.2, -0.15) is 0 Å². The van der Waals surface area contributed by atoms with Gasteiger partial charge in [-0.25, -0.2) is 8.78 Å². The van der Waals surface area contributed by atoms with Gasteiger partial charge in [0.1, 0.15) is 11.6 Å². The molecule has 0 aliphatic heterocycles. The molecule has 1 rings (SSSR count). The summed E-state index contributed by atoms with van der Waals surface area (Å²) >= 11 is 0. The average molecular weight is 398 g/mol. The second-order valence-electron chi connectivity index (χ2n) is 6.67.